The van der Waals surface area contributed by atoms with Crippen LogP contribution in [0.25, 0.3) is 0 Å². The van der Waals surface area contributed by atoms with Gasteiger partial charge in [-0.15, -0.1) is 0 Å². The van der Waals surface area contributed by atoms with Crippen molar-refractivity contribution in [2.24, 2.45) is 0 Å². The van der Waals surface area contributed by atoms with Crippen molar-refractivity contribution >= 4 is 35.1 Å². The van der Waals surface area contributed by atoms with E-state index in [1.165, 1.54) is 12.1 Å². The largest absolute Gasteiger partial charge is 0.376 e. The highest BCUT2D eigenvalue weighted by Crippen LogP contribution is 2.20. The van der Waals surface area contributed by atoms with Gasteiger partial charge in [-0.2, -0.15) is 5.01 Å². The van der Waals surface area contributed by atoms with Gasteiger partial charge in [-0.25, -0.2) is 9.18 Å². The van der Waals surface area contributed by atoms with E-state index in [9.17, 15) is 18.8 Å². The van der Waals surface area contributed by atoms with E-state index in [1.807, 2.05) is 0 Å². The monoisotopic (exact) mass is 342 g/mol. The Kier molecular flexibility index (Phi) is 4.74. The Bertz CT molecular complexity index is 669. The van der Waals surface area contributed by atoms with E-state index in [4.69, 9.17) is 11.6 Å². The molecule has 0 aliphatic carbocycles. The minimum atomic E-state index is -1.03. The van der Waals surface area contributed by atoms with Gasteiger partial charge >= 0.3 is 6.03 Å². The summed E-state index contributed by atoms with van der Waals surface area (Å²) in [5.74, 6) is -1.70. The zero-order chi connectivity index (χ0) is 17.2. The molecule has 0 bridgehead atoms. The third kappa shape index (κ3) is 3.53. The fraction of sp³-hybridized carbons (Fsp3) is 0.357. The Labute approximate surface area is 137 Å². The zero-order valence-electron chi connectivity index (χ0n) is 12.6. The summed E-state index contributed by atoms with van der Waals surface area (Å²) in [4.78, 5) is 35.7. The molecule has 1 atom stereocenters. The Morgan fingerprint density at radius 1 is 1.43 bits per heavy atom. The first-order valence-electron chi connectivity index (χ1n) is 6.92. The lowest BCUT2D eigenvalue weighted by Crippen LogP contribution is -2.50. The highest BCUT2D eigenvalue weighted by Gasteiger charge is 2.47. The second kappa shape index (κ2) is 6.41. The van der Waals surface area contributed by atoms with Crippen molar-refractivity contribution in [3.05, 3.63) is 29.0 Å². The molecule has 1 aromatic carbocycles. The number of carbonyl (C=O) groups is 3. The average molecular weight is 343 g/mol. The number of nitrogens with zero attached hydrogens (tertiary/aromatic N) is 1. The Hall–Kier alpha value is -2.35. The molecule has 1 fully saturated rings. The summed E-state index contributed by atoms with van der Waals surface area (Å²) in [6.07, 6.45) is 0.399. The maximum Gasteiger partial charge on any atom is 0.344 e. The van der Waals surface area contributed by atoms with Crippen molar-refractivity contribution in [3.63, 3.8) is 0 Å². The Morgan fingerprint density at radius 2 is 2.13 bits per heavy atom. The van der Waals surface area contributed by atoms with Crippen molar-refractivity contribution < 1.29 is 18.8 Å². The molecule has 23 heavy (non-hydrogen) atoms. The number of hydrogen-bond acceptors (Lipinski definition) is 4. The lowest BCUT2D eigenvalue weighted by molar-refractivity contribution is -0.138. The van der Waals surface area contributed by atoms with Crippen molar-refractivity contribution in [2.45, 2.75) is 25.8 Å². The first-order valence-corrected chi connectivity index (χ1v) is 7.29. The number of imide groups is 1. The van der Waals surface area contributed by atoms with Crippen LogP contribution in [0.1, 0.15) is 20.3 Å². The van der Waals surface area contributed by atoms with Crippen molar-refractivity contribution in [3.8, 4) is 0 Å². The SMILES string of the molecule is CC[C@@]1(C)NC(=O)N(NC(=O)CNc2ccc(F)c(Cl)c2)C1=O. The highest BCUT2D eigenvalue weighted by atomic mass is 35.5. The average Bonchev–Trinajstić information content (AvgIpc) is 2.72. The lowest BCUT2D eigenvalue weighted by Gasteiger charge is -2.19. The molecule has 0 aromatic heterocycles. The molecule has 0 radical (unpaired) electrons. The molecular weight excluding hydrogens is 327 g/mol. The van der Waals surface area contributed by atoms with Gasteiger partial charge in [-0.1, -0.05) is 18.5 Å². The molecule has 1 aliphatic heterocycles. The molecule has 1 saturated heterocycles. The minimum Gasteiger partial charge on any atom is -0.376 e. The van der Waals surface area contributed by atoms with Crippen LogP contribution in [0.2, 0.25) is 5.02 Å². The normalized spacial score (nSPS) is 20.4. The number of hydrazine groups is 1. The zero-order valence-corrected chi connectivity index (χ0v) is 13.3. The smallest absolute Gasteiger partial charge is 0.344 e. The third-order valence-corrected chi connectivity index (χ3v) is 3.87. The van der Waals surface area contributed by atoms with E-state index in [0.717, 1.165) is 6.07 Å². The van der Waals surface area contributed by atoms with E-state index in [0.29, 0.717) is 17.1 Å². The molecular formula is C14H16ClFN4O3. The predicted molar refractivity (Wildman–Crippen MR) is 82.1 cm³/mol. The van der Waals surface area contributed by atoms with Crippen LogP contribution in [0.5, 0.6) is 0 Å². The number of benzene rings is 1. The molecule has 7 nitrogen and oxygen atoms in total. The highest BCUT2D eigenvalue weighted by molar-refractivity contribution is 6.31. The lowest BCUT2D eigenvalue weighted by atomic mass is 10.00. The number of nitrogens with one attached hydrogen (secondary N) is 3. The second-order valence-corrected chi connectivity index (χ2v) is 5.68. The van der Waals surface area contributed by atoms with Crippen molar-refractivity contribution in [2.75, 3.05) is 11.9 Å². The second-order valence-electron chi connectivity index (χ2n) is 5.27. The van der Waals surface area contributed by atoms with Gasteiger partial charge in [0.15, 0.2) is 0 Å². The molecule has 1 aromatic rings. The van der Waals surface area contributed by atoms with E-state index < -0.39 is 29.2 Å². The molecule has 1 heterocycles. The van der Waals surface area contributed by atoms with Crippen LogP contribution in [0.15, 0.2) is 18.2 Å². The topological polar surface area (TPSA) is 90.5 Å². The van der Waals surface area contributed by atoms with E-state index in [1.54, 1.807) is 13.8 Å². The van der Waals surface area contributed by atoms with Crippen LogP contribution in [-0.2, 0) is 9.59 Å². The number of urea groups is 1. The maximum absolute atomic E-state index is 13.0. The first-order chi connectivity index (χ1) is 10.8. The number of rotatable bonds is 5. The molecule has 4 amide bonds. The minimum absolute atomic E-state index is 0.0804. The fourth-order valence-electron chi connectivity index (χ4n) is 1.98. The van der Waals surface area contributed by atoms with Gasteiger partial charge in [0.25, 0.3) is 11.8 Å². The summed E-state index contributed by atoms with van der Waals surface area (Å²) in [6.45, 7) is 3.11. The predicted octanol–water partition coefficient (Wildman–Crippen LogP) is 1.64. The van der Waals surface area contributed by atoms with Gasteiger partial charge in [-0.3, -0.25) is 15.0 Å². The quantitative estimate of drug-likeness (QED) is 0.710. The van der Waals surface area contributed by atoms with Gasteiger partial charge in [0.1, 0.15) is 11.4 Å². The first kappa shape index (κ1) is 17.0. The molecule has 124 valence electrons. The van der Waals surface area contributed by atoms with Crippen LogP contribution in [-0.4, -0.2) is 34.9 Å². The van der Waals surface area contributed by atoms with Crippen LogP contribution >= 0.6 is 11.6 Å². The molecule has 3 N–H and O–H groups in total. The molecule has 1 aliphatic rings. The van der Waals surface area contributed by atoms with Gasteiger partial charge in [0.05, 0.1) is 11.6 Å². The van der Waals surface area contributed by atoms with Gasteiger partial charge < -0.3 is 10.6 Å². The third-order valence-electron chi connectivity index (χ3n) is 3.58. The van der Waals surface area contributed by atoms with Crippen molar-refractivity contribution in [1.29, 1.82) is 0 Å². The number of anilines is 1. The molecule has 9 heteroatoms. The number of carbonyl (C=O) groups excluding carboxylic acids is 3. The summed E-state index contributed by atoms with van der Waals surface area (Å²) >= 11 is 5.63. The van der Waals surface area contributed by atoms with Crippen LogP contribution in [0.4, 0.5) is 14.9 Å². The maximum atomic E-state index is 13.0. The van der Waals surface area contributed by atoms with E-state index in [2.05, 4.69) is 16.1 Å². The van der Waals surface area contributed by atoms with Gasteiger partial charge in [0, 0.05) is 5.69 Å². The van der Waals surface area contributed by atoms with Crippen LogP contribution in [0.3, 0.4) is 0 Å². The number of hydrogen-bond donors (Lipinski definition) is 3. The summed E-state index contributed by atoms with van der Waals surface area (Å²) in [6, 6.07) is 3.22. The van der Waals surface area contributed by atoms with Gasteiger partial charge in [0.2, 0.25) is 0 Å². The van der Waals surface area contributed by atoms with Crippen LogP contribution in [0, 0.1) is 5.82 Å². The summed E-state index contributed by atoms with van der Waals surface area (Å²) in [5.41, 5.74) is 1.63. The van der Waals surface area contributed by atoms with E-state index >= 15 is 0 Å². The number of halogens is 2. The number of amides is 4. The standard InChI is InChI=1S/C14H16ClFN4O3/c1-3-14(2)12(22)20(13(23)18-14)19-11(21)7-17-8-4-5-10(16)9(15)6-8/h4-6,17H,3,7H2,1-2H3,(H,18,23)(H,19,21)/t14-/m1/s1. The van der Waals surface area contributed by atoms with Crippen LogP contribution < -0.4 is 16.1 Å². The summed E-state index contributed by atoms with van der Waals surface area (Å²) < 4.78 is 13.0. The molecule has 0 saturated carbocycles. The van der Waals surface area contributed by atoms with E-state index in [-0.39, 0.29) is 11.6 Å². The molecule has 0 unspecified atom stereocenters. The Morgan fingerprint density at radius 3 is 2.70 bits per heavy atom. The molecule has 0 spiro atoms. The summed E-state index contributed by atoms with van der Waals surface area (Å²) in [5, 5.41) is 5.81. The molecule has 2 rings (SSSR count). The fourth-order valence-corrected chi connectivity index (χ4v) is 2.16. The van der Waals surface area contributed by atoms with Gasteiger partial charge in [-0.05, 0) is 31.5 Å². The van der Waals surface area contributed by atoms with Crippen molar-refractivity contribution in [1.82, 2.24) is 15.8 Å². The summed E-state index contributed by atoms with van der Waals surface area (Å²) in [7, 11) is 0. The Balaban J connectivity index is 1.93.